The molecule has 1 aromatic rings. The molecule has 0 aliphatic heterocycles. The molecule has 2 N–H and O–H groups in total. The molecule has 0 spiro atoms. The number of rotatable bonds is 4. The van der Waals surface area contributed by atoms with E-state index in [1.54, 1.807) is 13.1 Å². The fourth-order valence-electron chi connectivity index (χ4n) is 1.56. The summed E-state index contributed by atoms with van der Waals surface area (Å²) in [6, 6.07) is 5.43. The standard InChI is InChI=1S/C12H16Cl2N2O/c1-8(12(17)15-2)16(3)7-9-4-5-10(13)11(14)6-9/h4-6,8H,7H2,1-3H3,(H,15,17)/p+1/t8-/m1/s1. The van der Waals surface area contributed by atoms with Gasteiger partial charge in [0.15, 0.2) is 6.04 Å². The van der Waals surface area contributed by atoms with E-state index >= 15 is 0 Å². The fraction of sp³-hybridized carbons (Fsp3) is 0.417. The first-order valence-electron chi connectivity index (χ1n) is 5.43. The van der Waals surface area contributed by atoms with Crippen molar-refractivity contribution >= 4 is 29.1 Å². The molecule has 0 fully saturated rings. The molecule has 5 heteroatoms. The molecular formula is C12H17Cl2N2O+. The van der Waals surface area contributed by atoms with Crippen LogP contribution in [0, 0.1) is 0 Å². The number of quaternary nitrogens is 1. The summed E-state index contributed by atoms with van der Waals surface area (Å²) in [5, 5.41) is 3.74. The van der Waals surface area contributed by atoms with Crippen LogP contribution in [-0.4, -0.2) is 26.0 Å². The molecule has 94 valence electrons. The number of nitrogens with one attached hydrogen (secondary N) is 2. The van der Waals surface area contributed by atoms with Crippen LogP contribution in [0.4, 0.5) is 0 Å². The molecule has 0 aliphatic carbocycles. The van der Waals surface area contributed by atoms with E-state index in [1.165, 1.54) is 0 Å². The van der Waals surface area contributed by atoms with Crippen molar-refractivity contribution in [2.75, 3.05) is 14.1 Å². The Morgan fingerprint density at radius 3 is 2.59 bits per heavy atom. The predicted molar refractivity (Wildman–Crippen MR) is 70.6 cm³/mol. The molecular weight excluding hydrogens is 259 g/mol. The van der Waals surface area contributed by atoms with Crippen molar-refractivity contribution in [3.63, 3.8) is 0 Å². The van der Waals surface area contributed by atoms with Crippen molar-refractivity contribution in [1.29, 1.82) is 0 Å². The van der Waals surface area contributed by atoms with Crippen molar-refractivity contribution in [3.8, 4) is 0 Å². The Kier molecular flexibility index (Phi) is 5.25. The summed E-state index contributed by atoms with van der Waals surface area (Å²) in [6.45, 7) is 2.62. The molecule has 0 aliphatic rings. The van der Waals surface area contributed by atoms with Gasteiger partial charge in [-0.2, -0.15) is 0 Å². The number of benzene rings is 1. The first-order valence-corrected chi connectivity index (χ1v) is 6.19. The molecule has 0 saturated carbocycles. The highest BCUT2D eigenvalue weighted by Gasteiger charge is 2.20. The molecule has 0 bridgehead atoms. The molecule has 1 rings (SSSR count). The third-order valence-electron chi connectivity index (χ3n) is 2.85. The Morgan fingerprint density at radius 1 is 1.41 bits per heavy atom. The highest BCUT2D eigenvalue weighted by atomic mass is 35.5. The van der Waals surface area contributed by atoms with Crippen LogP contribution >= 0.6 is 23.2 Å². The second-order valence-electron chi connectivity index (χ2n) is 4.11. The lowest BCUT2D eigenvalue weighted by atomic mass is 10.2. The van der Waals surface area contributed by atoms with Gasteiger partial charge < -0.3 is 10.2 Å². The van der Waals surface area contributed by atoms with Gasteiger partial charge in [0, 0.05) is 12.6 Å². The van der Waals surface area contributed by atoms with Gasteiger partial charge in [0.25, 0.3) is 5.91 Å². The molecule has 17 heavy (non-hydrogen) atoms. The minimum absolute atomic E-state index is 0.0301. The highest BCUT2D eigenvalue weighted by Crippen LogP contribution is 2.22. The summed E-state index contributed by atoms with van der Waals surface area (Å²) in [6.07, 6.45) is 0. The third kappa shape index (κ3) is 3.87. The van der Waals surface area contributed by atoms with Gasteiger partial charge in [0.1, 0.15) is 6.54 Å². The van der Waals surface area contributed by atoms with E-state index in [0.717, 1.165) is 17.0 Å². The number of likely N-dealkylation sites (N-methyl/N-ethyl adjacent to an activating group) is 2. The monoisotopic (exact) mass is 275 g/mol. The number of carbonyl (C=O) groups excluding carboxylic acids is 1. The summed E-state index contributed by atoms with van der Waals surface area (Å²) in [7, 11) is 3.62. The van der Waals surface area contributed by atoms with Gasteiger partial charge in [-0.3, -0.25) is 4.79 Å². The van der Waals surface area contributed by atoms with Gasteiger partial charge in [0.05, 0.1) is 17.1 Å². The van der Waals surface area contributed by atoms with Crippen LogP contribution < -0.4 is 10.2 Å². The van der Waals surface area contributed by atoms with Crippen molar-refractivity contribution in [2.45, 2.75) is 19.5 Å². The van der Waals surface area contributed by atoms with E-state index in [0.29, 0.717) is 10.0 Å². The average Bonchev–Trinajstić information content (AvgIpc) is 2.31. The Hall–Kier alpha value is -0.770. The first kappa shape index (κ1) is 14.3. The van der Waals surface area contributed by atoms with Crippen LogP contribution in [0.25, 0.3) is 0 Å². The van der Waals surface area contributed by atoms with E-state index in [4.69, 9.17) is 23.2 Å². The average molecular weight is 276 g/mol. The Labute approximate surface area is 112 Å². The Balaban J connectivity index is 2.70. The SMILES string of the molecule is CNC(=O)[C@@H](C)[NH+](C)Cc1ccc(Cl)c(Cl)c1. The minimum atomic E-state index is -0.102. The summed E-state index contributed by atoms with van der Waals surface area (Å²) in [5.74, 6) is 0.0301. The van der Waals surface area contributed by atoms with E-state index in [1.807, 2.05) is 26.1 Å². The van der Waals surface area contributed by atoms with E-state index in [-0.39, 0.29) is 11.9 Å². The zero-order valence-corrected chi connectivity index (χ0v) is 11.7. The number of carbonyl (C=O) groups is 1. The topological polar surface area (TPSA) is 33.5 Å². The van der Waals surface area contributed by atoms with Crippen LogP contribution in [0.3, 0.4) is 0 Å². The summed E-state index contributed by atoms with van der Waals surface area (Å²) < 4.78 is 0. The zero-order chi connectivity index (χ0) is 13.0. The maximum Gasteiger partial charge on any atom is 0.277 e. The van der Waals surface area contributed by atoms with Gasteiger partial charge in [-0.1, -0.05) is 29.3 Å². The maximum atomic E-state index is 11.5. The van der Waals surface area contributed by atoms with Gasteiger partial charge in [-0.25, -0.2) is 0 Å². The Bertz CT molecular complexity index is 409. The quantitative estimate of drug-likeness (QED) is 0.849. The molecule has 0 heterocycles. The zero-order valence-electron chi connectivity index (χ0n) is 10.2. The lowest BCUT2D eigenvalue weighted by Gasteiger charge is -2.20. The van der Waals surface area contributed by atoms with Gasteiger partial charge in [-0.15, -0.1) is 0 Å². The van der Waals surface area contributed by atoms with Crippen molar-refractivity contribution in [3.05, 3.63) is 33.8 Å². The molecule has 2 atom stereocenters. The number of hydrogen-bond acceptors (Lipinski definition) is 1. The predicted octanol–water partition coefficient (Wildman–Crippen LogP) is 1.14. The lowest BCUT2D eigenvalue weighted by Crippen LogP contribution is -3.12. The second kappa shape index (κ2) is 6.24. The van der Waals surface area contributed by atoms with Crippen molar-refractivity contribution < 1.29 is 9.69 Å². The normalized spacial score (nSPS) is 14.2. The molecule has 1 amide bonds. The summed E-state index contributed by atoms with van der Waals surface area (Å²) in [4.78, 5) is 12.6. The fourth-order valence-corrected chi connectivity index (χ4v) is 1.89. The van der Waals surface area contributed by atoms with Crippen LogP contribution in [0.1, 0.15) is 12.5 Å². The summed E-state index contributed by atoms with van der Waals surface area (Å²) >= 11 is 11.8. The molecule has 0 radical (unpaired) electrons. The molecule has 1 aromatic carbocycles. The van der Waals surface area contributed by atoms with Gasteiger partial charge in [-0.05, 0) is 19.1 Å². The molecule has 0 aromatic heterocycles. The number of amides is 1. The molecule has 3 nitrogen and oxygen atoms in total. The van der Waals surface area contributed by atoms with Crippen LogP contribution in [0.15, 0.2) is 18.2 Å². The number of hydrogen-bond donors (Lipinski definition) is 2. The second-order valence-corrected chi connectivity index (χ2v) is 4.92. The summed E-state index contributed by atoms with van der Waals surface area (Å²) in [5.41, 5.74) is 1.06. The smallest absolute Gasteiger partial charge is 0.277 e. The van der Waals surface area contributed by atoms with Crippen LogP contribution in [0.5, 0.6) is 0 Å². The number of halogens is 2. The molecule has 0 saturated heterocycles. The van der Waals surface area contributed by atoms with E-state index < -0.39 is 0 Å². The van der Waals surface area contributed by atoms with Gasteiger partial charge >= 0.3 is 0 Å². The highest BCUT2D eigenvalue weighted by molar-refractivity contribution is 6.42. The van der Waals surface area contributed by atoms with Crippen LogP contribution in [0.2, 0.25) is 10.0 Å². The first-order chi connectivity index (χ1) is 7.95. The maximum absolute atomic E-state index is 11.5. The Morgan fingerprint density at radius 2 is 2.06 bits per heavy atom. The van der Waals surface area contributed by atoms with Gasteiger partial charge in [0.2, 0.25) is 0 Å². The third-order valence-corrected chi connectivity index (χ3v) is 3.58. The van der Waals surface area contributed by atoms with E-state index in [9.17, 15) is 4.79 Å². The lowest BCUT2D eigenvalue weighted by molar-refractivity contribution is -0.908. The largest absolute Gasteiger partial charge is 0.354 e. The van der Waals surface area contributed by atoms with Crippen LogP contribution in [-0.2, 0) is 11.3 Å². The van der Waals surface area contributed by atoms with E-state index in [2.05, 4.69) is 5.32 Å². The molecule has 1 unspecified atom stereocenters. The van der Waals surface area contributed by atoms with Crippen molar-refractivity contribution in [1.82, 2.24) is 5.32 Å². The van der Waals surface area contributed by atoms with Crippen molar-refractivity contribution in [2.24, 2.45) is 0 Å². The minimum Gasteiger partial charge on any atom is -0.354 e.